The molecule has 2 amide bonds. The van der Waals surface area contributed by atoms with Crippen LogP contribution in [0, 0.1) is 18.3 Å². The average Bonchev–Trinajstić information content (AvgIpc) is 2.81. The zero-order valence-corrected chi connectivity index (χ0v) is 18.2. The monoisotopic (exact) mass is 428 g/mol. The van der Waals surface area contributed by atoms with Gasteiger partial charge >= 0.3 is 0 Å². The smallest absolute Gasteiger partial charge is 0.270 e. The van der Waals surface area contributed by atoms with Crippen molar-refractivity contribution in [1.29, 1.82) is 5.26 Å². The highest BCUT2D eigenvalue weighted by molar-refractivity contribution is 5.93. The number of carbonyl (C=O) groups is 2. The van der Waals surface area contributed by atoms with E-state index in [1.165, 1.54) is 6.92 Å². The van der Waals surface area contributed by atoms with E-state index < -0.39 is 0 Å². The molecule has 162 valence electrons. The number of nitrogens with zero attached hydrogens (tertiary/aromatic N) is 2. The van der Waals surface area contributed by atoms with Crippen LogP contribution >= 0.6 is 0 Å². The van der Waals surface area contributed by atoms with Crippen LogP contribution in [0.1, 0.15) is 39.7 Å². The molecule has 0 radical (unpaired) electrons. The highest BCUT2D eigenvalue weighted by Gasteiger charge is 2.16. The van der Waals surface area contributed by atoms with E-state index in [9.17, 15) is 9.59 Å². The summed E-state index contributed by atoms with van der Waals surface area (Å²) in [5.41, 5.74) is 4.98. The SMILES string of the molecule is COc1ccc(C(=O)NCc2ccc(C#N)cc2)nc1-c1cc(CNC(C)=O)ccc1C. The summed E-state index contributed by atoms with van der Waals surface area (Å²) < 4.78 is 5.49. The molecular weight excluding hydrogens is 404 g/mol. The Kier molecular flexibility index (Phi) is 7.19. The van der Waals surface area contributed by atoms with E-state index in [2.05, 4.69) is 21.7 Å². The fourth-order valence-electron chi connectivity index (χ4n) is 3.16. The molecule has 0 spiro atoms. The number of hydrogen-bond acceptors (Lipinski definition) is 5. The summed E-state index contributed by atoms with van der Waals surface area (Å²) in [5, 5.41) is 14.5. The third kappa shape index (κ3) is 5.49. The van der Waals surface area contributed by atoms with Crippen molar-refractivity contribution in [3.63, 3.8) is 0 Å². The van der Waals surface area contributed by atoms with Gasteiger partial charge in [-0.2, -0.15) is 5.26 Å². The largest absolute Gasteiger partial charge is 0.494 e. The Morgan fingerprint density at radius 1 is 1.00 bits per heavy atom. The number of amides is 2. The molecule has 2 aromatic carbocycles. The minimum atomic E-state index is -0.315. The number of aromatic nitrogens is 1. The summed E-state index contributed by atoms with van der Waals surface area (Å²) in [6, 6.07) is 18.3. The van der Waals surface area contributed by atoms with Crippen molar-refractivity contribution in [3.05, 3.63) is 82.5 Å². The molecule has 0 fully saturated rings. The van der Waals surface area contributed by atoms with Crippen molar-refractivity contribution in [3.8, 4) is 23.1 Å². The second kappa shape index (κ2) is 10.2. The van der Waals surface area contributed by atoms with Gasteiger partial charge in [0.2, 0.25) is 5.91 Å². The lowest BCUT2D eigenvalue weighted by Gasteiger charge is -2.14. The zero-order valence-electron chi connectivity index (χ0n) is 18.2. The number of aryl methyl sites for hydroxylation is 1. The normalized spacial score (nSPS) is 10.2. The van der Waals surface area contributed by atoms with E-state index in [4.69, 9.17) is 10.00 Å². The lowest BCUT2D eigenvalue weighted by molar-refractivity contribution is -0.119. The van der Waals surface area contributed by atoms with Crippen molar-refractivity contribution in [1.82, 2.24) is 15.6 Å². The van der Waals surface area contributed by atoms with E-state index in [1.54, 1.807) is 43.5 Å². The number of rotatable bonds is 7. The van der Waals surface area contributed by atoms with Gasteiger partial charge in [0.25, 0.3) is 5.91 Å². The molecule has 1 aromatic heterocycles. The van der Waals surface area contributed by atoms with E-state index >= 15 is 0 Å². The highest BCUT2D eigenvalue weighted by Crippen LogP contribution is 2.31. The third-order valence-electron chi connectivity index (χ3n) is 4.95. The van der Waals surface area contributed by atoms with Crippen molar-refractivity contribution >= 4 is 11.8 Å². The van der Waals surface area contributed by atoms with E-state index in [0.29, 0.717) is 30.1 Å². The summed E-state index contributed by atoms with van der Waals surface area (Å²) in [5.74, 6) is 0.127. The lowest BCUT2D eigenvalue weighted by atomic mass is 10.0. The number of carbonyl (C=O) groups excluding carboxylic acids is 2. The van der Waals surface area contributed by atoms with Crippen molar-refractivity contribution in [2.45, 2.75) is 26.9 Å². The predicted octanol–water partition coefficient (Wildman–Crippen LogP) is 3.50. The number of benzene rings is 2. The third-order valence-corrected chi connectivity index (χ3v) is 4.95. The Hall–Kier alpha value is -4.18. The number of ether oxygens (including phenoxy) is 1. The Morgan fingerprint density at radius 2 is 1.69 bits per heavy atom. The Balaban J connectivity index is 1.85. The van der Waals surface area contributed by atoms with Crippen LogP contribution in [0.25, 0.3) is 11.3 Å². The van der Waals surface area contributed by atoms with Gasteiger partial charge in [-0.05, 0) is 53.9 Å². The first-order chi connectivity index (χ1) is 15.4. The molecule has 7 heteroatoms. The van der Waals surface area contributed by atoms with E-state index in [0.717, 1.165) is 22.3 Å². The topological polar surface area (TPSA) is 104 Å². The number of nitriles is 1. The van der Waals surface area contributed by atoms with Crippen molar-refractivity contribution < 1.29 is 14.3 Å². The molecular formula is C25H24N4O3. The minimum absolute atomic E-state index is 0.108. The van der Waals surface area contributed by atoms with E-state index in [-0.39, 0.29) is 17.5 Å². The first-order valence-electron chi connectivity index (χ1n) is 10.1. The Bertz CT molecular complexity index is 1180. The Labute approximate surface area is 187 Å². The maximum absolute atomic E-state index is 12.7. The van der Waals surface area contributed by atoms with Gasteiger partial charge in [0.05, 0.1) is 18.7 Å². The molecule has 0 saturated heterocycles. The summed E-state index contributed by atoms with van der Waals surface area (Å²) in [6.07, 6.45) is 0. The van der Waals surface area contributed by atoms with Crippen LogP contribution < -0.4 is 15.4 Å². The molecule has 1 heterocycles. The summed E-state index contributed by atoms with van der Waals surface area (Å²) in [4.78, 5) is 28.6. The van der Waals surface area contributed by atoms with Crippen LogP contribution in [0.15, 0.2) is 54.6 Å². The van der Waals surface area contributed by atoms with E-state index in [1.807, 2.05) is 25.1 Å². The fourth-order valence-corrected chi connectivity index (χ4v) is 3.16. The molecule has 3 aromatic rings. The van der Waals surface area contributed by atoms with Gasteiger partial charge in [-0.15, -0.1) is 0 Å². The van der Waals surface area contributed by atoms with Crippen LogP contribution in [0.5, 0.6) is 5.75 Å². The van der Waals surface area contributed by atoms with Gasteiger partial charge in [0.15, 0.2) is 0 Å². The number of methoxy groups -OCH3 is 1. The maximum Gasteiger partial charge on any atom is 0.270 e. The van der Waals surface area contributed by atoms with Crippen molar-refractivity contribution in [2.24, 2.45) is 0 Å². The van der Waals surface area contributed by atoms with Crippen LogP contribution in [0.4, 0.5) is 0 Å². The van der Waals surface area contributed by atoms with Gasteiger partial charge in [-0.3, -0.25) is 9.59 Å². The molecule has 0 saturated carbocycles. The molecule has 0 aliphatic heterocycles. The van der Waals surface area contributed by atoms with Crippen LogP contribution in [-0.4, -0.2) is 23.9 Å². The second-order valence-electron chi connectivity index (χ2n) is 7.30. The second-order valence-corrected chi connectivity index (χ2v) is 7.30. The summed E-state index contributed by atoms with van der Waals surface area (Å²) in [7, 11) is 1.56. The van der Waals surface area contributed by atoms with Crippen LogP contribution in [0.3, 0.4) is 0 Å². The highest BCUT2D eigenvalue weighted by atomic mass is 16.5. The lowest BCUT2D eigenvalue weighted by Crippen LogP contribution is -2.24. The number of pyridine rings is 1. The van der Waals surface area contributed by atoms with Gasteiger partial charge < -0.3 is 15.4 Å². The molecule has 0 unspecified atom stereocenters. The van der Waals surface area contributed by atoms with Crippen LogP contribution in [-0.2, 0) is 17.9 Å². The summed E-state index contributed by atoms with van der Waals surface area (Å²) >= 11 is 0. The molecule has 2 N–H and O–H groups in total. The molecule has 0 aliphatic carbocycles. The predicted molar refractivity (Wildman–Crippen MR) is 121 cm³/mol. The van der Waals surface area contributed by atoms with Gasteiger partial charge in [0.1, 0.15) is 17.1 Å². The zero-order chi connectivity index (χ0) is 23.1. The van der Waals surface area contributed by atoms with Gasteiger partial charge in [-0.25, -0.2) is 4.98 Å². The molecule has 3 rings (SSSR count). The maximum atomic E-state index is 12.7. The van der Waals surface area contributed by atoms with Gasteiger partial charge in [-0.1, -0.05) is 24.3 Å². The molecule has 32 heavy (non-hydrogen) atoms. The molecule has 7 nitrogen and oxygen atoms in total. The standard InChI is InChI=1S/C25H24N4O3/c1-16-4-5-20(15-27-17(2)30)12-21(16)24-23(32-3)11-10-22(29-24)25(31)28-14-19-8-6-18(13-26)7-9-19/h4-12H,14-15H2,1-3H3,(H,27,30)(H,28,31). The average molecular weight is 428 g/mol. The first kappa shape index (κ1) is 22.5. The van der Waals surface area contributed by atoms with Crippen molar-refractivity contribution in [2.75, 3.05) is 7.11 Å². The number of hydrogen-bond donors (Lipinski definition) is 2. The Morgan fingerprint density at radius 3 is 2.34 bits per heavy atom. The molecule has 0 aliphatic rings. The van der Waals surface area contributed by atoms with Crippen LogP contribution in [0.2, 0.25) is 0 Å². The number of nitrogens with one attached hydrogen (secondary N) is 2. The quantitative estimate of drug-likeness (QED) is 0.599. The summed E-state index contributed by atoms with van der Waals surface area (Å²) in [6.45, 7) is 4.14. The molecule has 0 bridgehead atoms. The fraction of sp³-hybridized carbons (Fsp3) is 0.200. The first-order valence-corrected chi connectivity index (χ1v) is 10.1. The minimum Gasteiger partial charge on any atom is -0.494 e. The molecule has 0 atom stereocenters. The van der Waals surface area contributed by atoms with Gasteiger partial charge in [0, 0.05) is 25.6 Å².